The number of aliphatic hydroxyl groups excluding tert-OH is 1. The third-order valence-electron chi connectivity index (χ3n) is 24.9. The number of nitrogens with zero attached hydrogens (tertiary/aromatic N) is 6. The number of fused-ring (bicyclic) bond motifs is 3. The number of carbonyl (C=O) groups excluding carboxylic acids is 17. The van der Waals surface area contributed by atoms with Crippen LogP contribution in [0.15, 0.2) is 134 Å². The molecule has 13 atom stereocenters. The van der Waals surface area contributed by atoms with E-state index >= 15 is 38.4 Å². The number of hydrogen-bond acceptors (Lipinski definition) is 22. The molecule has 2 fully saturated rings. The summed E-state index contributed by atoms with van der Waals surface area (Å²) in [5, 5.41) is 39.2. The van der Waals surface area contributed by atoms with Crippen molar-refractivity contribution in [2.45, 2.75) is 198 Å². The van der Waals surface area contributed by atoms with Crippen LogP contribution in [0.5, 0.6) is 0 Å². The minimum atomic E-state index is -1.70. The van der Waals surface area contributed by atoms with Crippen LogP contribution in [0.1, 0.15) is 139 Å². The number of likely N-dealkylation sites (N-methyl/N-ethyl adjacent to an activating group) is 4. The van der Waals surface area contributed by atoms with E-state index in [0.717, 1.165) is 31.4 Å². The Labute approximate surface area is 799 Å². The van der Waals surface area contributed by atoms with Crippen LogP contribution in [-0.2, 0) is 119 Å². The maximum Gasteiger partial charge on any atom is 0.248 e. The van der Waals surface area contributed by atoms with E-state index in [4.69, 9.17) is 27.3 Å². The number of aliphatic hydroxyl groups is 1. The van der Waals surface area contributed by atoms with Crippen molar-refractivity contribution >= 4 is 139 Å². The molecule has 0 radical (unpaired) electrons. The Morgan fingerprint density at radius 3 is 1.76 bits per heavy atom. The third-order valence-corrected chi connectivity index (χ3v) is 26.0. The number of thioether (sulfide) groups is 1. The fraction of sp³-hybridized carbons (Fsp3) is 0.495. The number of Topliss-reactive ketones (excluding diaryl/α,β-unsaturated/α-hetero) is 4. The number of unbranched alkanes of at least 4 members (excludes halogenated alkanes) is 1. The topological polar surface area (TPSA) is 582 Å². The average Bonchev–Trinajstić information content (AvgIpc) is 1.55. The smallest absolute Gasteiger partial charge is 0.248 e. The van der Waals surface area contributed by atoms with Crippen LogP contribution in [0.3, 0.4) is 0 Å². The summed E-state index contributed by atoms with van der Waals surface area (Å²) in [6.07, 6.45) is 3.78. The molecule has 738 valence electrons. The van der Waals surface area contributed by atoms with Crippen molar-refractivity contribution in [3.63, 3.8) is 0 Å². The summed E-state index contributed by atoms with van der Waals surface area (Å²) in [5.41, 5.74) is 21.0. The van der Waals surface area contributed by atoms with E-state index in [1.165, 1.54) is 52.5 Å². The van der Waals surface area contributed by atoms with E-state index in [0.29, 0.717) is 62.6 Å². The lowest BCUT2D eigenvalue weighted by Crippen LogP contribution is -2.59. The second kappa shape index (κ2) is 52.6. The van der Waals surface area contributed by atoms with E-state index in [9.17, 15) is 48.3 Å². The number of carbonyl (C=O) groups is 17. The van der Waals surface area contributed by atoms with Crippen molar-refractivity contribution in [2.24, 2.45) is 46.8 Å². The van der Waals surface area contributed by atoms with Gasteiger partial charge in [-0.1, -0.05) is 131 Å². The Morgan fingerprint density at radius 2 is 1.15 bits per heavy atom. The van der Waals surface area contributed by atoms with Crippen molar-refractivity contribution in [1.29, 1.82) is 5.41 Å². The highest BCUT2D eigenvalue weighted by atomic mass is 32.2. The van der Waals surface area contributed by atoms with Gasteiger partial charge in [0.2, 0.25) is 76.8 Å². The number of H-pyrrole nitrogens is 3. The molecule has 0 saturated carbocycles. The number of ether oxygens (including phenoxy) is 1. The fourth-order valence-electron chi connectivity index (χ4n) is 17.3. The number of para-hydroxylation sites is 2. The number of imidazole rings is 1. The Bertz CT molecular complexity index is 5380. The Balaban J connectivity index is 1.10. The van der Waals surface area contributed by atoms with E-state index < -0.39 is 254 Å². The van der Waals surface area contributed by atoms with Crippen LogP contribution >= 0.6 is 11.8 Å². The molecular weight excluding hydrogens is 1780 g/mol. The third kappa shape index (κ3) is 31.5. The lowest BCUT2D eigenvalue weighted by molar-refractivity contribution is -0.151. The normalized spacial score (nSPS) is 23.3. The van der Waals surface area contributed by atoms with Gasteiger partial charge in [0.15, 0.2) is 23.3 Å². The summed E-state index contributed by atoms with van der Waals surface area (Å²) in [4.78, 5) is 270. The molecule has 3 aromatic heterocycles. The number of benzene rings is 4. The first-order valence-corrected chi connectivity index (χ1v) is 47.4. The predicted octanol–water partition coefficient (Wildman–Crippen LogP) is 2.25. The number of primary amides is 2. The summed E-state index contributed by atoms with van der Waals surface area (Å²) in [7, 11) is 5.30. The number of rotatable bonds is 27. The number of nitrogens with two attached hydrogens (primary N) is 3. The first-order chi connectivity index (χ1) is 65.4. The van der Waals surface area contributed by atoms with Crippen molar-refractivity contribution in [3.8, 4) is 0 Å². The first kappa shape index (κ1) is 107. The van der Waals surface area contributed by atoms with E-state index in [1.54, 1.807) is 122 Å². The van der Waals surface area contributed by atoms with Crippen molar-refractivity contribution in [3.05, 3.63) is 162 Å². The minimum Gasteiger partial charge on any atom is -0.396 e. The summed E-state index contributed by atoms with van der Waals surface area (Å²) < 4.78 is 6.31. The average molecular weight is 1910 g/mol. The second-order valence-electron chi connectivity index (χ2n) is 35.7. The van der Waals surface area contributed by atoms with E-state index in [-0.39, 0.29) is 89.8 Å². The van der Waals surface area contributed by atoms with Crippen molar-refractivity contribution in [2.75, 3.05) is 79.1 Å². The Hall–Kier alpha value is -13.5. The maximum absolute atomic E-state index is 15.9. The molecule has 2 aliphatic rings. The molecule has 40 heteroatoms. The highest BCUT2D eigenvalue weighted by molar-refractivity contribution is 8.00. The zero-order chi connectivity index (χ0) is 99.7. The van der Waals surface area contributed by atoms with Crippen LogP contribution in [0, 0.1) is 35.0 Å². The monoisotopic (exact) mass is 1910 g/mol. The van der Waals surface area contributed by atoms with Gasteiger partial charge < -0.3 is 104 Å². The molecule has 9 rings (SSSR count). The number of aromatic nitrogens is 4. The molecule has 0 spiro atoms. The molecule has 39 nitrogen and oxygen atoms in total. The molecular formula is C97H130N20O19S. The van der Waals surface area contributed by atoms with E-state index in [2.05, 4.69) is 57.2 Å². The van der Waals surface area contributed by atoms with Crippen LogP contribution in [0.25, 0.3) is 21.8 Å². The zero-order valence-corrected chi connectivity index (χ0v) is 79.6. The van der Waals surface area contributed by atoms with Crippen LogP contribution < -0.4 is 54.4 Å². The molecule has 0 unspecified atom stereocenters. The molecule has 5 heterocycles. The summed E-state index contributed by atoms with van der Waals surface area (Å²) in [5.74, 6) is -20.6. The van der Waals surface area contributed by atoms with Crippen LogP contribution in [0.4, 0.5) is 0 Å². The molecule has 7 aromatic rings. The lowest BCUT2D eigenvalue weighted by atomic mass is 9.83. The first-order valence-electron chi connectivity index (χ1n) is 46.2. The molecule has 18 N–H and O–H groups in total. The zero-order valence-electron chi connectivity index (χ0n) is 78.8. The van der Waals surface area contributed by atoms with Gasteiger partial charge >= 0.3 is 0 Å². The molecule has 137 heavy (non-hydrogen) atoms. The maximum atomic E-state index is 15.9. The van der Waals surface area contributed by atoms with Crippen LogP contribution in [0.2, 0.25) is 0 Å². The summed E-state index contributed by atoms with van der Waals surface area (Å²) >= 11 is 0.813. The molecule has 0 bridgehead atoms. The molecule has 4 aromatic carbocycles. The van der Waals surface area contributed by atoms with Gasteiger partial charge in [-0.25, -0.2) is 4.98 Å². The standard InChI is InChI=1S/C97H130N20O19S/c1-9-10-32-77-82(121)41-61(27-21-34-103-97(100)101)89(128)112-76(91(130)106-49-85(99)124)54-137-55-87(126)109-73(37-59-23-13-11-14-24-59)93(132)114(6)58(4)88(127)110-75(45-84(98)123)95(134)117-35-22-33-78(117)83(122)42-62(38-67-48-102-56-107-67)80(119)43-63(36-57(2)3)92(131)113(5)50-86(125)108-72(39-64-46-104-70-30-19-17-28-68(64)70)81(120)44-66(51-118)90(129)111-74(40-65-47-105-71-31-20-18-29-69(65)71)94(133)116(8)79(96(135)115(77)7)53-136-52-60-25-15-12-16-26-60/h11-20,23-26,28-31,46-48,56-58,61-63,66,72-79,104-105,118H,9-10,21-22,27,32-45,49-55H2,1-8H3,(H2,98,123)(H2,99,124)(H,102,107)(H,106,130)(H,108,125)(H,109,126)(H,110,127)(H,111,129)(H,112,128)(H4,100,101,103)/t58-,61+,62+,63+,66-,72-,73-,74-,75-,76-,77-,78-,79-/m0/s1. The van der Waals surface area contributed by atoms with Gasteiger partial charge in [-0.05, 0) is 92.2 Å². The number of hydrogen-bond donors (Lipinski definition) is 15. The molecule has 2 aliphatic heterocycles. The van der Waals surface area contributed by atoms with Crippen LogP contribution in [-0.4, -0.2) is 289 Å². The van der Waals surface area contributed by atoms with Gasteiger partial charge in [-0.2, -0.15) is 0 Å². The van der Waals surface area contributed by atoms with Crippen molar-refractivity contribution in [1.82, 2.24) is 81.7 Å². The number of amides is 13. The molecule has 2 saturated heterocycles. The van der Waals surface area contributed by atoms with Gasteiger partial charge in [0.1, 0.15) is 42.0 Å². The summed E-state index contributed by atoms with van der Waals surface area (Å²) in [6, 6.07) is 18.3. The lowest BCUT2D eigenvalue weighted by Gasteiger charge is -2.36. The highest BCUT2D eigenvalue weighted by Gasteiger charge is 2.44. The quantitative estimate of drug-likeness (QED) is 0.0199. The van der Waals surface area contributed by atoms with Gasteiger partial charge in [-0.15, -0.1) is 11.8 Å². The molecule has 13 amide bonds. The molecule has 0 aliphatic carbocycles. The Kier molecular flexibility index (Phi) is 41.1. The number of ketones is 4. The fourth-order valence-corrected chi connectivity index (χ4v) is 18.1. The summed E-state index contributed by atoms with van der Waals surface area (Å²) in [6.45, 7) is 3.89. The van der Waals surface area contributed by atoms with E-state index in [1.807, 2.05) is 20.8 Å². The van der Waals surface area contributed by atoms with Gasteiger partial charge in [-0.3, -0.25) is 86.9 Å². The van der Waals surface area contributed by atoms with Gasteiger partial charge in [0.25, 0.3) is 0 Å². The van der Waals surface area contributed by atoms with Crippen molar-refractivity contribution < 1.29 is 91.4 Å². The highest BCUT2D eigenvalue weighted by Crippen LogP contribution is 2.31. The largest absolute Gasteiger partial charge is 0.396 e. The Morgan fingerprint density at radius 1 is 0.569 bits per heavy atom. The van der Waals surface area contributed by atoms with Gasteiger partial charge in [0.05, 0.1) is 75.5 Å². The SMILES string of the molecule is CCCC[C@H]1C(=O)C[C@@H](CCCNC(=N)N)C(=O)N[C@H](C(=O)NCC(N)=O)CSCC(=O)N[C@@H](Cc2ccccc2)C(=O)N(C)[C@@H](C)C(=O)N[C@@H](CC(N)=O)C(=O)N2CCC[C@H]2C(=O)C[C@@H](Cc2cnc[nH]2)C(=O)C[C@@H](CC(C)C)C(=O)N(C)CC(=O)N[C@@H](Cc2c[nH]c3ccccc23)C(=O)C[C@@H](CO)C(=O)N[C@@H](Cc2c[nH]c3ccccc23)C(=O)N(C)[C@@H](COCc2ccccc2)C(=O)N1C. The predicted molar refractivity (Wildman–Crippen MR) is 511 cm³/mol. The van der Waals surface area contributed by atoms with Gasteiger partial charge in [0, 0.05) is 156 Å². The number of guanidine groups is 1. The minimum absolute atomic E-state index is 0.0120. The second-order valence-corrected chi connectivity index (χ2v) is 36.8. The number of nitrogens with one attached hydrogen (secondary N) is 11. The number of aromatic amines is 3.